The smallest absolute Gasteiger partial charge is 0.291 e. The van der Waals surface area contributed by atoms with Gasteiger partial charge < -0.3 is 20.4 Å². The summed E-state index contributed by atoms with van der Waals surface area (Å²) in [4.78, 5) is 23.5. The van der Waals surface area contributed by atoms with Crippen molar-refractivity contribution in [3.05, 3.63) is 48.4 Å². The SMILES string of the molecule is CCNCC(=O)Nc1cccc(NC(=O)c2ccco2)c1. The summed E-state index contributed by atoms with van der Waals surface area (Å²) in [5, 5.41) is 8.39. The third kappa shape index (κ3) is 4.47. The van der Waals surface area contributed by atoms with Gasteiger partial charge in [0.2, 0.25) is 5.91 Å². The number of nitrogens with one attached hydrogen (secondary N) is 3. The van der Waals surface area contributed by atoms with Crippen LogP contribution >= 0.6 is 0 Å². The Labute approximate surface area is 122 Å². The second-order valence-corrected chi connectivity index (χ2v) is 4.34. The molecule has 1 aromatic heterocycles. The van der Waals surface area contributed by atoms with Crippen LogP contribution in [-0.2, 0) is 4.79 Å². The Morgan fingerprint density at radius 1 is 1.10 bits per heavy atom. The number of benzene rings is 1. The van der Waals surface area contributed by atoms with Crippen LogP contribution in [0.5, 0.6) is 0 Å². The summed E-state index contributed by atoms with van der Waals surface area (Å²) in [7, 11) is 0. The Kier molecular flexibility index (Phi) is 5.11. The summed E-state index contributed by atoms with van der Waals surface area (Å²) in [6.45, 7) is 2.91. The van der Waals surface area contributed by atoms with Gasteiger partial charge in [-0.25, -0.2) is 0 Å². The van der Waals surface area contributed by atoms with E-state index in [1.165, 1.54) is 6.26 Å². The Bertz CT molecular complexity index is 608. The molecule has 0 saturated carbocycles. The number of rotatable bonds is 6. The fourth-order valence-electron chi connectivity index (χ4n) is 1.72. The number of likely N-dealkylation sites (N-methyl/N-ethyl adjacent to an activating group) is 1. The Morgan fingerprint density at radius 2 is 1.86 bits per heavy atom. The van der Waals surface area contributed by atoms with E-state index in [0.717, 1.165) is 6.54 Å². The van der Waals surface area contributed by atoms with E-state index >= 15 is 0 Å². The average Bonchev–Trinajstić information content (AvgIpc) is 3.00. The highest BCUT2D eigenvalue weighted by atomic mass is 16.3. The van der Waals surface area contributed by atoms with Gasteiger partial charge >= 0.3 is 0 Å². The first-order valence-corrected chi connectivity index (χ1v) is 6.64. The topological polar surface area (TPSA) is 83.4 Å². The van der Waals surface area contributed by atoms with E-state index in [4.69, 9.17) is 4.42 Å². The second kappa shape index (κ2) is 7.25. The lowest BCUT2D eigenvalue weighted by Gasteiger charge is -2.08. The molecule has 0 unspecified atom stereocenters. The van der Waals surface area contributed by atoms with Crippen LogP contribution in [-0.4, -0.2) is 24.9 Å². The maximum atomic E-state index is 11.8. The van der Waals surface area contributed by atoms with Crippen molar-refractivity contribution in [3.8, 4) is 0 Å². The summed E-state index contributed by atoms with van der Waals surface area (Å²) in [5.74, 6) is -0.237. The van der Waals surface area contributed by atoms with Crippen molar-refractivity contribution in [1.29, 1.82) is 0 Å². The molecule has 0 bridgehead atoms. The lowest BCUT2D eigenvalue weighted by Crippen LogP contribution is -2.27. The van der Waals surface area contributed by atoms with Crippen LogP contribution in [0.25, 0.3) is 0 Å². The lowest BCUT2D eigenvalue weighted by molar-refractivity contribution is -0.115. The Morgan fingerprint density at radius 3 is 2.52 bits per heavy atom. The van der Waals surface area contributed by atoms with E-state index in [1.807, 2.05) is 6.92 Å². The maximum absolute atomic E-state index is 11.8. The normalized spacial score (nSPS) is 10.1. The first-order valence-electron chi connectivity index (χ1n) is 6.64. The highest BCUT2D eigenvalue weighted by molar-refractivity contribution is 6.02. The minimum absolute atomic E-state index is 0.133. The fourth-order valence-corrected chi connectivity index (χ4v) is 1.72. The third-order valence-electron chi connectivity index (χ3n) is 2.68. The number of carbonyl (C=O) groups excluding carboxylic acids is 2. The van der Waals surface area contributed by atoms with Crippen LogP contribution in [0.2, 0.25) is 0 Å². The molecular formula is C15H17N3O3. The molecule has 6 heteroatoms. The standard InChI is InChI=1S/C15H17N3O3/c1-2-16-10-14(19)17-11-5-3-6-12(9-11)18-15(20)13-7-4-8-21-13/h3-9,16H,2,10H2,1H3,(H,17,19)(H,18,20). The van der Waals surface area contributed by atoms with Crippen LogP contribution in [0.3, 0.4) is 0 Å². The zero-order valence-corrected chi connectivity index (χ0v) is 11.7. The second-order valence-electron chi connectivity index (χ2n) is 4.34. The molecule has 0 spiro atoms. The van der Waals surface area contributed by atoms with Crippen molar-refractivity contribution < 1.29 is 14.0 Å². The van der Waals surface area contributed by atoms with Crippen LogP contribution in [0, 0.1) is 0 Å². The summed E-state index contributed by atoms with van der Waals surface area (Å²) in [5.41, 5.74) is 1.20. The van der Waals surface area contributed by atoms with Gasteiger partial charge in [-0.1, -0.05) is 13.0 Å². The molecule has 2 amide bonds. The van der Waals surface area contributed by atoms with Gasteiger partial charge in [0.05, 0.1) is 12.8 Å². The number of amides is 2. The van der Waals surface area contributed by atoms with Crippen LogP contribution in [0.1, 0.15) is 17.5 Å². The minimum atomic E-state index is -0.337. The molecule has 110 valence electrons. The molecule has 0 radical (unpaired) electrons. The largest absolute Gasteiger partial charge is 0.459 e. The van der Waals surface area contributed by atoms with Crippen molar-refractivity contribution in [3.63, 3.8) is 0 Å². The van der Waals surface area contributed by atoms with Crippen molar-refractivity contribution in [2.75, 3.05) is 23.7 Å². The molecule has 0 atom stereocenters. The van der Waals surface area contributed by atoms with Crippen molar-refractivity contribution in [2.24, 2.45) is 0 Å². The number of carbonyl (C=O) groups is 2. The van der Waals surface area contributed by atoms with Crippen molar-refractivity contribution in [2.45, 2.75) is 6.92 Å². The van der Waals surface area contributed by atoms with Crippen LogP contribution < -0.4 is 16.0 Å². The van der Waals surface area contributed by atoms with E-state index in [1.54, 1.807) is 36.4 Å². The molecule has 1 aromatic carbocycles. The molecule has 0 aliphatic rings. The molecule has 3 N–H and O–H groups in total. The van der Waals surface area contributed by atoms with Gasteiger partial charge in [0.1, 0.15) is 0 Å². The van der Waals surface area contributed by atoms with Gasteiger partial charge in [-0.15, -0.1) is 0 Å². The highest BCUT2D eigenvalue weighted by Gasteiger charge is 2.09. The van der Waals surface area contributed by atoms with E-state index in [0.29, 0.717) is 11.4 Å². The quantitative estimate of drug-likeness (QED) is 0.759. The van der Waals surface area contributed by atoms with Gasteiger partial charge in [0, 0.05) is 11.4 Å². The highest BCUT2D eigenvalue weighted by Crippen LogP contribution is 2.16. The Balaban J connectivity index is 1.97. The van der Waals surface area contributed by atoms with E-state index in [-0.39, 0.29) is 24.1 Å². The third-order valence-corrected chi connectivity index (χ3v) is 2.68. The predicted molar refractivity (Wildman–Crippen MR) is 80.3 cm³/mol. The van der Waals surface area contributed by atoms with Gasteiger partial charge in [-0.2, -0.15) is 0 Å². The number of anilines is 2. The maximum Gasteiger partial charge on any atom is 0.291 e. The molecule has 2 aromatic rings. The molecule has 0 aliphatic heterocycles. The molecule has 21 heavy (non-hydrogen) atoms. The molecule has 6 nitrogen and oxygen atoms in total. The van der Waals surface area contributed by atoms with Crippen LogP contribution in [0.4, 0.5) is 11.4 Å². The van der Waals surface area contributed by atoms with Gasteiger partial charge in [0.25, 0.3) is 5.91 Å². The van der Waals surface area contributed by atoms with E-state index in [9.17, 15) is 9.59 Å². The average molecular weight is 287 g/mol. The molecule has 0 fully saturated rings. The summed E-state index contributed by atoms with van der Waals surface area (Å²) in [6, 6.07) is 10.2. The summed E-state index contributed by atoms with van der Waals surface area (Å²) < 4.78 is 5.02. The lowest BCUT2D eigenvalue weighted by atomic mass is 10.2. The number of hydrogen-bond acceptors (Lipinski definition) is 4. The minimum Gasteiger partial charge on any atom is -0.459 e. The zero-order valence-electron chi connectivity index (χ0n) is 11.7. The van der Waals surface area contributed by atoms with Crippen molar-refractivity contribution in [1.82, 2.24) is 5.32 Å². The summed E-state index contributed by atoms with van der Waals surface area (Å²) >= 11 is 0. The fraction of sp³-hybridized carbons (Fsp3) is 0.200. The van der Waals surface area contributed by atoms with Crippen molar-refractivity contribution >= 4 is 23.2 Å². The zero-order chi connectivity index (χ0) is 15.1. The van der Waals surface area contributed by atoms with Gasteiger partial charge in [-0.05, 0) is 36.9 Å². The molecule has 0 aliphatic carbocycles. The molecule has 0 saturated heterocycles. The van der Waals surface area contributed by atoms with Crippen LogP contribution in [0.15, 0.2) is 47.1 Å². The van der Waals surface area contributed by atoms with Gasteiger partial charge in [-0.3, -0.25) is 9.59 Å². The molecular weight excluding hydrogens is 270 g/mol. The number of hydrogen-bond donors (Lipinski definition) is 3. The first-order chi connectivity index (χ1) is 10.2. The van der Waals surface area contributed by atoms with Gasteiger partial charge in [0.15, 0.2) is 5.76 Å². The molecule has 1 heterocycles. The first kappa shape index (κ1) is 14.8. The monoisotopic (exact) mass is 287 g/mol. The molecule has 2 rings (SSSR count). The predicted octanol–water partition coefficient (Wildman–Crippen LogP) is 2.08. The number of furan rings is 1. The van der Waals surface area contributed by atoms with E-state index < -0.39 is 0 Å². The summed E-state index contributed by atoms with van der Waals surface area (Å²) in [6.07, 6.45) is 1.44. The van der Waals surface area contributed by atoms with E-state index in [2.05, 4.69) is 16.0 Å². The Hall–Kier alpha value is -2.60.